The van der Waals surface area contributed by atoms with E-state index in [1.165, 1.54) is 0 Å². The van der Waals surface area contributed by atoms with Crippen molar-refractivity contribution in [1.29, 1.82) is 0 Å². The molecule has 0 bridgehead atoms. The van der Waals surface area contributed by atoms with E-state index in [4.69, 9.17) is 25.2 Å². The summed E-state index contributed by atoms with van der Waals surface area (Å²) >= 11 is 0. The van der Waals surface area contributed by atoms with E-state index in [1.54, 1.807) is 17.3 Å². The molecule has 0 saturated carbocycles. The fraction of sp³-hybridized carbons (Fsp3) is 0.565. The van der Waals surface area contributed by atoms with Gasteiger partial charge in [-0.25, -0.2) is 24.7 Å². The average molecular weight is 482 g/mol. The number of likely N-dealkylation sites (tertiary alicyclic amines) is 1. The van der Waals surface area contributed by atoms with Crippen LogP contribution in [0.25, 0.3) is 22.4 Å². The highest BCUT2D eigenvalue weighted by molar-refractivity contribution is 5.88. The Hall–Kier alpha value is -3.54. The van der Waals surface area contributed by atoms with Gasteiger partial charge >= 0.3 is 6.09 Å². The van der Waals surface area contributed by atoms with Crippen molar-refractivity contribution in [3.8, 4) is 11.3 Å². The first kappa shape index (κ1) is 23.2. The highest BCUT2D eigenvalue weighted by Gasteiger charge is 2.29. The quantitative estimate of drug-likeness (QED) is 0.593. The third kappa shape index (κ3) is 4.97. The smallest absolute Gasteiger partial charge is 0.410 e. The lowest BCUT2D eigenvalue weighted by Gasteiger charge is -2.34. The Bertz CT molecular complexity index is 1190. The van der Waals surface area contributed by atoms with Crippen LogP contribution in [0.5, 0.6) is 0 Å². The number of nitrogens with two attached hydrogens (primary N) is 1. The number of imidazole rings is 1. The third-order valence-corrected chi connectivity index (χ3v) is 6.16. The minimum atomic E-state index is -0.510. The lowest BCUT2D eigenvalue weighted by atomic mass is 10.1. The summed E-state index contributed by atoms with van der Waals surface area (Å²) in [5, 5.41) is 0. The Morgan fingerprint density at radius 2 is 1.74 bits per heavy atom. The molecule has 2 aliphatic rings. The number of carbonyl (C=O) groups is 1. The minimum Gasteiger partial charge on any atom is -0.444 e. The molecule has 0 spiro atoms. The highest BCUT2D eigenvalue weighted by Crippen LogP contribution is 2.32. The molecule has 3 aromatic rings. The Kier molecular flexibility index (Phi) is 6.13. The van der Waals surface area contributed by atoms with Crippen molar-refractivity contribution in [3.63, 3.8) is 0 Å². The van der Waals surface area contributed by atoms with Gasteiger partial charge in [0.15, 0.2) is 5.65 Å². The van der Waals surface area contributed by atoms with Crippen LogP contribution in [-0.2, 0) is 9.47 Å². The number of piperidine rings is 1. The summed E-state index contributed by atoms with van der Waals surface area (Å²) in [5.74, 6) is 0.829. The minimum absolute atomic E-state index is 0.154. The van der Waals surface area contributed by atoms with Crippen molar-refractivity contribution in [2.24, 2.45) is 0 Å². The number of aromatic nitrogens is 6. The molecular weight excluding hydrogens is 450 g/mol. The number of nitrogens with zero attached hydrogens (tertiary/aromatic N) is 8. The van der Waals surface area contributed by atoms with Crippen molar-refractivity contribution >= 4 is 29.2 Å². The normalized spacial score (nSPS) is 17.7. The number of carbonyl (C=O) groups excluding carboxylic acids is 1. The summed E-state index contributed by atoms with van der Waals surface area (Å²) in [5.41, 5.74) is 8.02. The highest BCUT2D eigenvalue weighted by atomic mass is 16.6. The van der Waals surface area contributed by atoms with E-state index in [9.17, 15) is 4.79 Å². The van der Waals surface area contributed by atoms with E-state index >= 15 is 0 Å². The molecule has 35 heavy (non-hydrogen) atoms. The summed E-state index contributed by atoms with van der Waals surface area (Å²) in [6.45, 7) is 9.55. The Morgan fingerprint density at radius 1 is 1.06 bits per heavy atom. The van der Waals surface area contributed by atoms with Crippen LogP contribution in [0.2, 0.25) is 0 Å². The van der Waals surface area contributed by atoms with Gasteiger partial charge in [0.25, 0.3) is 0 Å². The number of hydrogen-bond acceptors (Lipinski definition) is 10. The molecule has 12 heteroatoms. The van der Waals surface area contributed by atoms with Crippen molar-refractivity contribution < 1.29 is 14.3 Å². The largest absolute Gasteiger partial charge is 0.444 e. The first-order valence-corrected chi connectivity index (χ1v) is 11.9. The van der Waals surface area contributed by atoms with Gasteiger partial charge in [0.05, 0.1) is 19.5 Å². The first-order chi connectivity index (χ1) is 16.8. The second kappa shape index (κ2) is 9.25. The Morgan fingerprint density at radius 3 is 2.40 bits per heavy atom. The molecule has 0 atom stereocenters. The first-order valence-electron chi connectivity index (χ1n) is 11.9. The van der Waals surface area contributed by atoms with Crippen LogP contribution in [-0.4, -0.2) is 85.5 Å². The predicted octanol–water partition coefficient (Wildman–Crippen LogP) is 2.27. The maximum atomic E-state index is 12.5. The monoisotopic (exact) mass is 481 g/mol. The van der Waals surface area contributed by atoms with Crippen LogP contribution in [0.4, 0.5) is 16.7 Å². The second-order valence-electron chi connectivity index (χ2n) is 9.82. The molecule has 5 rings (SSSR count). The number of anilines is 2. The maximum absolute atomic E-state index is 12.5. The molecule has 0 aliphatic carbocycles. The van der Waals surface area contributed by atoms with Crippen LogP contribution in [0.1, 0.15) is 39.7 Å². The number of morpholine rings is 1. The van der Waals surface area contributed by atoms with Gasteiger partial charge in [-0.05, 0) is 33.6 Å². The zero-order valence-corrected chi connectivity index (χ0v) is 20.3. The summed E-state index contributed by atoms with van der Waals surface area (Å²) in [6, 6.07) is 0.154. The second-order valence-corrected chi connectivity index (χ2v) is 9.82. The third-order valence-electron chi connectivity index (χ3n) is 6.16. The molecule has 2 aliphatic heterocycles. The van der Waals surface area contributed by atoms with Gasteiger partial charge < -0.3 is 29.6 Å². The summed E-state index contributed by atoms with van der Waals surface area (Å²) in [6.07, 6.45) is 6.42. The molecular formula is C23H31N9O3. The lowest BCUT2D eigenvalue weighted by molar-refractivity contribution is 0.0189. The zero-order valence-electron chi connectivity index (χ0n) is 20.3. The van der Waals surface area contributed by atoms with Crippen molar-refractivity contribution in [1.82, 2.24) is 34.4 Å². The summed E-state index contributed by atoms with van der Waals surface area (Å²) in [7, 11) is 0. The van der Waals surface area contributed by atoms with Gasteiger partial charge in [-0.3, -0.25) is 0 Å². The molecule has 2 fully saturated rings. The fourth-order valence-electron chi connectivity index (χ4n) is 4.39. The molecule has 0 aromatic carbocycles. The Labute approximate surface area is 203 Å². The molecule has 0 unspecified atom stereocenters. The van der Waals surface area contributed by atoms with Crippen LogP contribution < -0.4 is 10.6 Å². The Balaban J connectivity index is 1.46. The van der Waals surface area contributed by atoms with E-state index in [0.29, 0.717) is 56.6 Å². The van der Waals surface area contributed by atoms with Crippen molar-refractivity contribution in [2.45, 2.75) is 45.3 Å². The van der Waals surface area contributed by atoms with Crippen LogP contribution in [0, 0.1) is 0 Å². The van der Waals surface area contributed by atoms with Gasteiger partial charge in [-0.2, -0.15) is 4.98 Å². The van der Waals surface area contributed by atoms with Gasteiger partial charge in [-0.15, -0.1) is 0 Å². The van der Waals surface area contributed by atoms with Gasteiger partial charge in [0.2, 0.25) is 11.9 Å². The zero-order chi connectivity index (χ0) is 24.6. The van der Waals surface area contributed by atoms with Crippen LogP contribution >= 0.6 is 0 Å². The van der Waals surface area contributed by atoms with Crippen molar-refractivity contribution in [2.75, 3.05) is 50.0 Å². The van der Waals surface area contributed by atoms with Gasteiger partial charge in [-0.1, -0.05) is 0 Å². The fourth-order valence-corrected chi connectivity index (χ4v) is 4.39. The number of amides is 1. The average Bonchev–Trinajstić information content (AvgIpc) is 3.28. The summed E-state index contributed by atoms with van der Waals surface area (Å²) < 4.78 is 13.2. The van der Waals surface area contributed by atoms with Crippen LogP contribution in [0.15, 0.2) is 18.7 Å². The lowest BCUT2D eigenvalue weighted by Crippen LogP contribution is -2.42. The molecule has 12 nitrogen and oxygen atoms in total. The molecule has 0 radical (unpaired) electrons. The number of ether oxygens (including phenoxy) is 2. The van der Waals surface area contributed by atoms with E-state index in [2.05, 4.69) is 24.4 Å². The van der Waals surface area contributed by atoms with E-state index in [-0.39, 0.29) is 18.1 Å². The number of hydrogen-bond donors (Lipinski definition) is 1. The van der Waals surface area contributed by atoms with Crippen LogP contribution in [0.3, 0.4) is 0 Å². The van der Waals surface area contributed by atoms with Gasteiger partial charge in [0, 0.05) is 50.2 Å². The molecule has 1 amide bonds. The maximum Gasteiger partial charge on any atom is 0.410 e. The topological polar surface area (TPSA) is 137 Å². The summed E-state index contributed by atoms with van der Waals surface area (Å²) in [4.78, 5) is 39.1. The molecule has 2 N–H and O–H groups in total. The standard InChI is InChI=1S/C23H31N9O3/c1-23(2,3)35-22(33)31-6-4-16(5-7-31)32-14-27-18-17(15-12-25-20(24)26-13-15)28-21(29-19(18)32)30-8-10-34-11-9-30/h12-14,16H,4-11H2,1-3H3,(H2,24,25,26). The van der Waals surface area contributed by atoms with Crippen molar-refractivity contribution in [3.05, 3.63) is 18.7 Å². The number of fused-ring (bicyclic) bond motifs is 1. The molecule has 5 heterocycles. The molecule has 2 saturated heterocycles. The number of nitrogen functional groups attached to an aromatic ring is 1. The van der Waals surface area contributed by atoms with E-state index in [1.807, 2.05) is 27.1 Å². The SMILES string of the molecule is CC(C)(C)OC(=O)N1CCC(n2cnc3c(-c4cnc(N)nc4)nc(N4CCOCC4)nc32)CC1. The van der Waals surface area contributed by atoms with Gasteiger partial charge in [0.1, 0.15) is 16.8 Å². The molecule has 186 valence electrons. The predicted molar refractivity (Wildman–Crippen MR) is 130 cm³/mol. The van der Waals surface area contributed by atoms with E-state index in [0.717, 1.165) is 24.1 Å². The van der Waals surface area contributed by atoms with E-state index < -0.39 is 5.60 Å². The number of rotatable bonds is 3. The molecule has 3 aromatic heterocycles.